The average molecular weight is 204 g/mol. The number of hydrogen-bond acceptors (Lipinski definition) is 4. The van der Waals surface area contributed by atoms with Gasteiger partial charge in [-0.25, -0.2) is 9.97 Å². The molecule has 0 bridgehead atoms. The van der Waals surface area contributed by atoms with Crippen LogP contribution in [0.1, 0.15) is 41.6 Å². The Balaban J connectivity index is 2.71. The third kappa shape index (κ3) is 1.52. The molecule has 0 amide bonds. The van der Waals surface area contributed by atoms with E-state index in [4.69, 9.17) is 4.42 Å². The molecule has 4 heteroatoms. The summed E-state index contributed by atoms with van der Waals surface area (Å²) in [7, 11) is 0. The Bertz CT molecular complexity index is 515. The summed E-state index contributed by atoms with van der Waals surface area (Å²) in [4.78, 5) is 18.8. The molecule has 0 unspecified atom stereocenters. The molecule has 0 saturated carbocycles. The summed E-state index contributed by atoms with van der Waals surface area (Å²) >= 11 is 0. The molecule has 0 atom stereocenters. The first kappa shape index (κ1) is 9.83. The van der Waals surface area contributed by atoms with E-state index in [9.17, 15) is 4.79 Å². The van der Waals surface area contributed by atoms with Crippen LogP contribution in [-0.2, 0) is 0 Å². The monoisotopic (exact) mass is 204 g/mol. The maximum absolute atomic E-state index is 10.6. The summed E-state index contributed by atoms with van der Waals surface area (Å²) in [6.07, 6.45) is 2.11. The third-order valence-electron chi connectivity index (χ3n) is 2.33. The average Bonchev–Trinajstić information content (AvgIpc) is 2.56. The van der Waals surface area contributed by atoms with Gasteiger partial charge < -0.3 is 4.42 Å². The van der Waals surface area contributed by atoms with Crippen LogP contribution in [0.15, 0.2) is 10.6 Å². The number of aldehydes is 1. The Hall–Kier alpha value is -1.71. The van der Waals surface area contributed by atoms with E-state index < -0.39 is 0 Å². The lowest BCUT2D eigenvalue weighted by Crippen LogP contribution is -1.90. The van der Waals surface area contributed by atoms with Gasteiger partial charge in [0.25, 0.3) is 0 Å². The Morgan fingerprint density at radius 2 is 2.20 bits per heavy atom. The minimum atomic E-state index is 0.292. The molecular weight excluding hydrogens is 192 g/mol. The lowest BCUT2D eigenvalue weighted by atomic mass is 10.1. The van der Waals surface area contributed by atoms with Crippen LogP contribution in [0.2, 0.25) is 0 Å². The number of aromatic nitrogens is 2. The van der Waals surface area contributed by atoms with E-state index in [2.05, 4.69) is 9.97 Å². The van der Waals surface area contributed by atoms with Crippen LogP contribution in [-0.4, -0.2) is 16.3 Å². The quantitative estimate of drug-likeness (QED) is 0.705. The molecule has 0 saturated heterocycles. The zero-order valence-electron chi connectivity index (χ0n) is 8.94. The summed E-state index contributed by atoms with van der Waals surface area (Å²) in [6, 6.07) is 0. The van der Waals surface area contributed by atoms with Crippen LogP contribution >= 0.6 is 0 Å². The summed E-state index contributed by atoms with van der Waals surface area (Å²) in [5.41, 5.74) is 2.49. The summed E-state index contributed by atoms with van der Waals surface area (Å²) in [5.74, 6) is 1.17. The van der Waals surface area contributed by atoms with E-state index in [0.29, 0.717) is 29.1 Å². The van der Waals surface area contributed by atoms with Crippen LogP contribution < -0.4 is 0 Å². The topological polar surface area (TPSA) is 56.0 Å². The van der Waals surface area contributed by atoms with Gasteiger partial charge in [-0.3, -0.25) is 4.79 Å². The van der Waals surface area contributed by atoms with Gasteiger partial charge in [0.15, 0.2) is 6.29 Å². The standard InChI is InChI=1S/C11H12N2O2/c1-6(2)10-7(3)9-11(15-10)12-4-8(5-14)13-9/h4-6H,1-3H3. The summed E-state index contributed by atoms with van der Waals surface area (Å²) in [5, 5.41) is 0. The molecule has 0 aliphatic rings. The predicted molar refractivity (Wildman–Crippen MR) is 56.0 cm³/mol. The zero-order valence-corrected chi connectivity index (χ0v) is 8.94. The molecule has 0 radical (unpaired) electrons. The number of carbonyl (C=O) groups is 1. The maximum Gasteiger partial charge on any atom is 0.245 e. The Kier molecular flexibility index (Phi) is 2.26. The fourth-order valence-corrected chi connectivity index (χ4v) is 1.62. The minimum Gasteiger partial charge on any atom is -0.441 e. The van der Waals surface area contributed by atoms with Crippen molar-refractivity contribution in [3.63, 3.8) is 0 Å². The first-order chi connectivity index (χ1) is 7.13. The van der Waals surface area contributed by atoms with Gasteiger partial charge in [0, 0.05) is 11.5 Å². The molecule has 0 fully saturated rings. The number of carbonyl (C=O) groups excluding carboxylic acids is 1. The van der Waals surface area contributed by atoms with E-state index in [-0.39, 0.29) is 0 Å². The van der Waals surface area contributed by atoms with Crippen LogP contribution in [0.4, 0.5) is 0 Å². The first-order valence-electron chi connectivity index (χ1n) is 4.84. The van der Waals surface area contributed by atoms with E-state index in [1.807, 2.05) is 20.8 Å². The van der Waals surface area contributed by atoms with E-state index in [1.54, 1.807) is 0 Å². The van der Waals surface area contributed by atoms with Crippen molar-refractivity contribution in [2.24, 2.45) is 0 Å². The van der Waals surface area contributed by atoms with Crippen molar-refractivity contribution in [3.8, 4) is 0 Å². The van der Waals surface area contributed by atoms with Crippen molar-refractivity contribution in [2.75, 3.05) is 0 Å². The van der Waals surface area contributed by atoms with Crippen molar-refractivity contribution in [1.29, 1.82) is 0 Å². The molecule has 78 valence electrons. The van der Waals surface area contributed by atoms with Gasteiger partial charge >= 0.3 is 0 Å². The van der Waals surface area contributed by atoms with Crippen LogP contribution in [0.3, 0.4) is 0 Å². The van der Waals surface area contributed by atoms with E-state index in [0.717, 1.165) is 11.3 Å². The molecule has 15 heavy (non-hydrogen) atoms. The molecule has 0 spiro atoms. The summed E-state index contributed by atoms with van der Waals surface area (Å²) < 4.78 is 5.57. The second-order valence-electron chi connectivity index (χ2n) is 3.81. The third-order valence-corrected chi connectivity index (χ3v) is 2.33. The lowest BCUT2D eigenvalue weighted by molar-refractivity contribution is 0.111. The molecular formula is C11H12N2O2. The molecule has 4 nitrogen and oxygen atoms in total. The Morgan fingerprint density at radius 1 is 1.47 bits per heavy atom. The van der Waals surface area contributed by atoms with Gasteiger partial charge in [0.05, 0.1) is 6.20 Å². The molecule has 0 aliphatic carbocycles. The van der Waals surface area contributed by atoms with Gasteiger partial charge in [-0.05, 0) is 6.92 Å². The second kappa shape index (κ2) is 3.46. The van der Waals surface area contributed by atoms with Gasteiger partial charge in [-0.1, -0.05) is 13.8 Å². The Morgan fingerprint density at radius 3 is 2.80 bits per heavy atom. The second-order valence-corrected chi connectivity index (χ2v) is 3.81. The van der Waals surface area contributed by atoms with E-state index >= 15 is 0 Å². The van der Waals surface area contributed by atoms with Gasteiger partial charge in [0.1, 0.15) is 17.0 Å². The van der Waals surface area contributed by atoms with E-state index in [1.165, 1.54) is 6.20 Å². The fourth-order valence-electron chi connectivity index (χ4n) is 1.62. The molecule has 2 rings (SSSR count). The summed E-state index contributed by atoms with van der Waals surface area (Å²) in [6.45, 7) is 6.03. The van der Waals surface area contributed by atoms with Gasteiger partial charge in [-0.15, -0.1) is 0 Å². The van der Waals surface area contributed by atoms with Crippen molar-refractivity contribution in [1.82, 2.24) is 9.97 Å². The molecule has 0 aliphatic heterocycles. The fraction of sp³-hybridized carbons (Fsp3) is 0.364. The Labute approximate surface area is 87.3 Å². The molecule has 2 aromatic heterocycles. The van der Waals surface area contributed by atoms with Crippen molar-refractivity contribution in [3.05, 3.63) is 23.2 Å². The van der Waals surface area contributed by atoms with Crippen molar-refractivity contribution < 1.29 is 9.21 Å². The normalized spacial score (nSPS) is 11.2. The zero-order chi connectivity index (χ0) is 11.0. The van der Waals surface area contributed by atoms with Gasteiger partial charge in [-0.2, -0.15) is 0 Å². The molecule has 0 N–H and O–H groups in total. The maximum atomic E-state index is 10.6. The van der Waals surface area contributed by atoms with Crippen molar-refractivity contribution >= 4 is 17.5 Å². The number of aryl methyl sites for hydroxylation is 1. The molecule has 2 aromatic rings. The van der Waals surface area contributed by atoms with Crippen LogP contribution in [0.25, 0.3) is 11.2 Å². The lowest BCUT2D eigenvalue weighted by Gasteiger charge is -1.99. The van der Waals surface area contributed by atoms with Crippen molar-refractivity contribution in [2.45, 2.75) is 26.7 Å². The number of rotatable bonds is 2. The highest BCUT2D eigenvalue weighted by atomic mass is 16.3. The highest BCUT2D eigenvalue weighted by molar-refractivity contribution is 5.79. The highest BCUT2D eigenvalue weighted by Crippen LogP contribution is 2.27. The SMILES string of the molecule is Cc1c(C(C)C)oc2ncc(C=O)nc12. The highest BCUT2D eigenvalue weighted by Gasteiger charge is 2.15. The predicted octanol–water partition coefficient (Wildman–Crippen LogP) is 2.47. The number of nitrogens with zero attached hydrogens (tertiary/aromatic N) is 2. The van der Waals surface area contributed by atoms with Crippen LogP contribution in [0.5, 0.6) is 0 Å². The minimum absolute atomic E-state index is 0.292. The van der Waals surface area contributed by atoms with Crippen LogP contribution in [0, 0.1) is 6.92 Å². The van der Waals surface area contributed by atoms with Gasteiger partial charge in [0.2, 0.25) is 5.71 Å². The first-order valence-corrected chi connectivity index (χ1v) is 4.84. The number of furan rings is 1. The molecule has 2 heterocycles. The molecule has 0 aromatic carbocycles. The number of hydrogen-bond donors (Lipinski definition) is 0. The number of fused-ring (bicyclic) bond motifs is 1. The smallest absolute Gasteiger partial charge is 0.245 e. The largest absolute Gasteiger partial charge is 0.441 e.